The molecule has 2 rings (SSSR count). The maximum Gasteiger partial charge on any atom is 0.348 e. The summed E-state index contributed by atoms with van der Waals surface area (Å²) in [5.41, 5.74) is -1.70. The first-order valence-corrected chi connectivity index (χ1v) is 6.56. The molecular weight excluding hydrogens is 231 g/mol. The number of carbonyl (C=O) groups excluding carboxylic acids is 1. The summed E-state index contributed by atoms with van der Waals surface area (Å²) in [5.74, 6) is -0.763. The number of carbonyl (C=O) groups is 1. The van der Waals surface area contributed by atoms with Crippen molar-refractivity contribution in [3.8, 4) is 0 Å². The lowest BCUT2D eigenvalue weighted by Crippen LogP contribution is -2.33. The summed E-state index contributed by atoms with van der Waals surface area (Å²) < 4.78 is 19.8. The number of halogens is 1. The Morgan fingerprint density at radius 1 is 1.22 bits per heavy atom. The molecule has 0 N–H and O–H groups in total. The molecule has 18 heavy (non-hydrogen) atoms. The van der Waals surface area contributed by atoms with Crippen molar-refractivity contribution in [1.29, 1.82) is 0 Å². The molecule has 1 aliphatic rings. The minimum absolute atomic E-state index is 0.106. The van der Waals surface area contributed by atoms with Crippen molar-refractivity contribution in [2.24, 2.45) is 0 Å². The summed E-state index contributed by atoms with van der Waals surface area (Å²) in [6.45, 7) is 1.27. The third-order valence-corrected chi connectivity index (χ3v) is 3.53. The highest BCUT2D eigenvalue weighted by Gasteiger charge is 2.38. The van der Waals surface area contributed by atoms with Crippen molar-refractivity contribution in [3.05, 3.63) is 35.9 Å². The van der Waals surface area contributed by atoms with Gasteiger partial charge in [-0.3, -0.25) is 0 Å². The van der Waals surface area contributed by atoms with Crippen LogP contribution in [0.5, 0.6) is 0 Å². The van der Waals surface area contributed by atoms with Gasteiger partial charge in [0.15, 0.2) is 0 Å². The van der Waals surface area contributed by atoms with E-state index in [1.165, 1.54) is 13.3 Å². The Morgan fingerprint density at radius 3 is 2.44 bits per heavy atom. The average molecular weight is 250 g/mol. The Kier molecular flexibility index (Phi) is 4.00. The highest BCUT2D eigenvalue weighted by molar-refractivity contribution is 5.80. The standard InChI is InChI=1S/C15H19FO2/c1-15(16,12-8-4-2-5-9-12)14(17)18-13-10-6-3-7-11-13/h2,4-5,8-9,13H,3,6-7,10-11H2,1H3/t15-/m0/s1. The molecule has 1 atom stereocenters. The van der Waals surface area contributed by atoms with Gasteiger partial charge in [0, 0.05) is 5.56 Å². The van der Waals surface area contributed by atoms with Gasteiger partial charge in [-0.25, -0.2) is 9.18 Å². The fourth-order valence-electron chi connectivity index (χ4n) is 2.31. The lowest BCUT2D eigenvalue weighted by molar-refractivity contribution is -0.164. The number of rotatable bonds is 3. The molecule has 0 unspecified atom stereocenters. The van der Waals surface area contributed by atoms with Gasteiger partial charge in [-0.05, 0) is 32.6 Å². The zero-order chi connectivity index (χ0) is 13.0. The molecule has 0 spiro atoms. The zero-order valence-corrected chi connectivity index (χ0v) is 10.7. The van der Waals surface area contributed by atoms with Crippen molar-refractivity contribution in [3.63, 3.8) is 0 Å². The van der Waals surface area contributed by atoms with Crippen LogP contribution in [0.25, 0.3) is 0 Å². The van der Waals surface area contributed by atoms with Gasteiger partial charge < -0.3 is 4.74 Å². The number of hydrogen-bond acceptors (Lipinski definition) is 2. The van der Waals surface area contributed by atoms with Crippen LogP contribution >= 0.6 is 0 Å². The summed E-state index contributed by atoms with van der Waals surface area (Å²) in [4.78, 5) is 11.9. The molecule has 3 heteroatoms. The van der Waals surface area contributed by atoms with Crippen LogP contribution in [0.3, 0.4) is 0 Å². The third-order valence-electron chi connectivity index (χ3n) is 3.53. The summed E-state index contributed by atoms with van der Waals surface area (Å²) in [5, 5.41) is 0. The smallest absolute Gasteiger partial charge is 0.348 e. The molecular formula is C15H19FO2. The molecule has 0 saturated heterocycles. The molecule has 1 aromatic carbocycles. The fourth-order valence-corrected chi connectivity index (χ4v) is 2.31. The molecule has 0 heterocycles. The van der Waals surface area contributed by atoms with Crippen LogP contribution in [-0.2, 0) is 15.2 Å². The van der Waals surface area contributed by atoms with Crippen molar-refractivity contribution in [2.75, 3.05) is 0 Å². The van der Waals surface area contributed by atoms with Gasteiger partial charge in [-0.15, -0.1) is 0 Å². The van der Waals surface area contributed by atoms with E-state index in [2.05, 4.69) is 0 Å². The van der Waals surface area contributed by atoms with Crippen molar-refractivity contribution in [2.45, 2.75) is 50.8 Å². The highest BCUT2D eigenvalue weighted by Crippen LogP contribution is 2.29. The Balaban J connectivity index is 2.03. The van der Waals surface area contributed by atoms with Gasteiger partial charge in [0.1, 0.15) is 6.10 Å². The van der Waals surface area contributed by atoms with Crippen molar-refractivity contribution in [1.82, 2.24) is 0 Å². The molecule has 0 bridgehead atoms. The van der Waals surface area contributed by atoms with Gasteiger partial charge in [-0.1, -0.05) is 36.8 Å². The normalized spacial score (nSPS) is 20.1. The van der Waals surface area contributed by atoms with E-state index < -0.39 is 11.6 Å². The molecule has 2 nitrogen and oxygen atoms in total. The van der Waals surface area contributed by atoms with Gasteiger partial charge in [0.05, 0.1) is 0 Å². The average Bonchev–Trinajstić information content (AvgIpc) is 2.41. The molecule has 98 valence electrons. The van der Waals surface area contributed by atoms with Gasteiger partial charge in [0.25, 0.3) is 0 Å². The van der Waals surface area contributed by atoms with Crippen LogP contribution < -0.4 is 0 Å². The summed E-state index contributed by atoms with van der Waals surface area (Å²) in [6.07, 6.45) is 4.91. The van der Waals surface area contributed by atoms with E-state index in [0.29, 0.717) is 5.56 Å². The lowest BCUT2D eigenvalue weighted by Gasteiger charge is -2.26. The number of hydrogen-bond donors (Lipinski definition) is 0. The number of ether oxygens (including phenoxy) is 1. The first-order valence-electron chi connectivity index (χ1n) is 6.56. The van der Waals surface area contributed by atoms with E-state index in [9.17, 15) is 9.18 Å². The van der Waals surface area contributed by atoms with Gasteiger partial charge in [-0.2, -0.15) is 0 Å². The monoisotopic (exact) mass is 250 g/mol. The molecule has 1 saturated carbocycles. The quantitative estimate of drug-likeness (QED) is 0.764. The Hall–Kier alpha value is -1.38. The predicted molar refractivity (Wildman–Crippen MR) is 67.9 cm³/mol. The molecule has 0 aromatic heterocycles. The van der Waals surface area contributed by atoms with Crippen molar-refractivity contribution < 1.29 is 13.9 Å². The third kappa shape index (κ3) is 2.89. The molecule has 0 amide bonds. The fraction of sp³-hybridized carbons (Fsp3) is 0.533. The second-order valence-corrected chi connectivity index (χ2v) is 5.03. The Morgan fingerprint density at radius 2 is 1.83 bits per heavy atom. The second-order valence-electron chi connectivity index (χ2n) is 5.03. The van der Waals surface area contributed by atoms with Crippen LogP contribution in [0.1, 0.15) is 44.6 Å². The van der Waals surface area contributed by atoms with Crippen LogP contribution in [0.15, 0.2) is 30.3 Å². The van der Waals surface area contributed by atoms with Gasteiger partial charge in [0.2, 0.25) is 5.67 Å². The Labute approximate surface area is 107 Å². The van der Waals surface area contributed by atoms with Crippen LogP contribution in [0.2, 0.25) is 0 Å². The minimum Gasteiger partial charge on any atom is -0.460 e. The van der Waals surface area contributed by atoms with E-state index in [1.54, 1.807) is 30.3 Å². The zero-order valence-electron chi connectivity index (χ0n) is 10.7. The molecule has 1 aliphatic carbocycles. The van der Waals surface area contributed by atoms with E-state index in [1.807, 2.05) is 0 Å². The minimum atomic E-state index is -2.06. The number of benzene rings is 1. The number of alkyl halides is 1. The molecule has 1 aromatic rings. The van der Waals surface area contributed by atoms with Gasteiger partial charge >= 0.3 is 5.97 Å². The summed E-state index contributed by atoms with van der Waals surface area (Å²) in [7, 11) is 0. The van der Waals surface area contributed by atoms with E-state index >= 15 is 0 Å². The van der Waals surface area contributed by atoms with Crippen LogP contribution in [0.4, 0.5) is 4.39 Å². The predicted octanol–water partition coefficient (Wildman–Crippen LogP) is 3.75. The van der Waals surface area contributed by atoms with Crippen molar-refractivity contribution >= 4 is 5.97 Å². The van der Waals surface area contributed by atoms with Crippen LogP contribution in [-0.4, -0.2) is 12.1 Å². The van der Waals surface area contributed by atoms with E-state index in [4.69, 9.17) is 4.74 Å². The highest BCUT2D eigenvalue weighted by atomic mass is 19.1. The van der Waals surface area contributed by atoms with E-state index in [0.717, 1.165) is 25.7 Å². The molecule has 0 aliphatic heterocycles. The first-order chi connectivity index (χ1) is 8.60. The topological polar surface area (TPSA) is 26.3 Å². The molecule has 0 radical (unpaired) electrons. The molecule has 1 fully saturated rings. The maximum absolute atomic E-state index is 14.5. The summed E-state index contributed by atoms with van der Waals surface area (Å²) in [6, 6.07) is 8.47. The summed E-state index contributed by atoms with van der Waals surface area (Å²) >= 11 is 0. The number of esters is 1. The van der Waals surface area contributed by atoms with E-state index in [-0.39, 0.29) is 6.10 Å². The lowest BCUT2D eigenvalue weighted by atomic mass is 9.96. The first kappa shape index (κ1) is 13.1. The SMILES string of the molecule is C[C@@](F)(C(=O)OC1CCCCC1)c1ccccc1. The second kappa shape index (κ2) is 5.51. The largest absolute Gasteiger partial charge is 0.460 e. The Bertz CT molecular complexity index is 394. The maximum atomic E-state index is 14.5. The van der Waals surface area contributed by atoms with Crippen LogP contribution in [0, 0.1) is 0 Å².